The molecule has 170 valence electrons. The Morgan fingerprint density at radius 3 is 2.21 bits per heavy atom. The molecule has 33 heavy (non-hydrogen) atoms. The van der Waals surface area contributed by atoms with Crippen molar-refractivity contribution in [1.29, 1.82) is 0 Å². The fourth-order valence-corrected chi connectivity index (χ4v) is 3.79. The molecule has 1 N–H and O–H groups in total. The Bertz CT molecular complexity index is 1030. The first-order valence-corrected chi connectivity index (χ1v) is 11.0. The van der Waals surface area contributed by atoms with Crippen molar-refractivity contribution in [2.45, 2.75) is 19.1 Å². The van der Waals surface area contributed by atoms with E-state index in [4.69, 9.17) is 4.74 Å². The van der Waals surface area contributed by atoms with E-state index < -0.39 is 12.1 Å². The van der Waals surface area contributed by atoms with Gasteiger partial charge in [-0.25, -0.2) is 9.78 Å². The Morgan fingerprint density at radius 1 is 0.909 bits per heavy atom. The van der Waals surface area contributed by atoms with Crippen LogP contribution in [0.1, 0.15) is 11.1 Å². The van der Waals surface area contributed by atoms with E-state index in [2.05, 4.69) is 20.2 Å². The van der Waals surface area contributed by atoms with E-state index in [9.17, 15) is 9.59 Å². The fraction of sp³-hybridized carbons (Fsp3) is 0.280. The van der Waals surface area contributed by atoms with Crippen LogP contribution in [-0.2, 0) is 22.6 Å². The lowest BCUT2D eigenvalue weighted by atomic mass is 10.0. The largest absolute Gasteiger partial charge is 0.445 e. The molecule has 1 atom stereocenters. The molecule has 1 aliphatic heterocycles. The van der Waals surface area contributed by atoms with E-state index in [1.54, 1.807) is 23.5 Å². The van der Waals surface area contributed by atoms with Gasteiger partial charge in [-0.05, 0) is 11.1 Å². The molecule has 1 saturated heterocycles. The number of ether oxygens (including phenoxy) is 1. The zero-order chi connectivity index (χ0) is 22.9. The number of nitrogens with zero attached hydrogens (tertiary/aromatic N) is 4. The van der Waals surface area contributed by atoms with Crippen molar-refractivity contribution in [2.75, 3.05) is 31.1 Å². The van der Waals surface area contributed by atoms with Crippen molar-refractivity contribution in [3.8, 4) is 0 Å². The van der Waals surface area contributed by atoms with E-state index in [-0.39, 0.29) is 12.5 Å². The molecule has 1 aromatic heterocycles. The number of carbonyl (C=O) groups excluding carboxylic acids is 2. The molecule has 2 amide bonds. The number of alkyl carbamates (subject to hydrolysis) is 1. The molecule has 2 aromatic carbocycles. The minimum Gasteiger partial charge on any atom is -0.445 e. The molecule has 0 bridgehead atoms. The summed E-state index contributed by atoms with van der Waals surface area (Å²) in [7, 11) is 0. The predicted octanol–water partition coefficient (Wildman–Crippen LogP) is 2.66. The Hall–Kier alpha value is -3.94. The Labute approximate surface area is 193 Å². The number of aromatic nitrogens is 2. The Balaban J connectivity index is 1.38. The monoisotopic (exact) mass is 445 g/mol. The lowest BCUT2D eigenvalue weighted by molar-refractivity contribution is -0.133. The Morgan fingerprint density at radius 2 is 1.58 bits per heavy atom. The van der Waals surface area contributed by atoms with E-state index in [1.165, 1.54) is 0 Å². The molecule has 3 aromatic rings. The van der Waals surface area contributed by atoms with Gasteiger partial charge in [0.15, 0.2) is 0 Å². The van der Waals surface area contributed by atoms with Gasteiger partial charge in [0.1, 0.15) is 18.5 Å². The first-order chi connectivity index (χ1) is 16.2. The number of carbonyl (C=O) groups is 2. The minimum absolute atomic E-state index is 0.116. The maximum absolute atomic E-state index is 13.4. The van der Waals surface area contributed by atoms with Crippen LogP contribution < -0.4 is 10.2 Å². The molecular formula is C25H27N5O3. The second-order valence-electron chi connectivity index (χ2n) is 7.82. The zero-order valence-electron chi connectivity index (χ0n) is 18.3. The smallest absolute Gasteiger partial charge is 0.408 e. The maximum atomic E-state index is 13.4. The van der Waals surface area contributed by atoms with E-state index in [0.29, 0.717) is 32.6 Å². The first kappa shape index (κ1) is 22.3. The average molecular weight is 446 g/mol. The lowest BCUT2D eigenvalue weighted by Crippen LogP contribution is -2.55. The summed E-state index contributed by atoms with van der Waals surface area (Å²) >= 11 is 0. The zero-order valence-corrected chi connectivity index (χ0v) is 18.3. The third kappa shape index (κ3) is 6.29. The summed E-state index contributed by atoms with van der Waals surface area (Å²) < 4.78 is 5.36. The van der Waals surface area contributed by atoms with Crippen molar-refractivity contribution < 1.29 is 14.3 Å². The van der Waals surface area contributed by atoms with Crippen LogP contribution in [0.3, 0.4) is 0 Å². The number of nitrogens with one attached hydrogen (secondary N) is 1. The highest BCUT2D eigenvalue weighted by molar-refractivity contribution is 5.86. The molecule has 8 heteroatoms. The van der Waals surface area contributed by atoms with Crippen LogP contribution in [0.2, 0.25) is 0 Å². The van der Waals surface area contributed by atoms with Gasteiger partial charge in [0.25, 0.3) is 0 Å². The van der Waals surface area contributed by atoms with Crippen molar-refractivity contribution >= 4 is 17.8 Å². The molecule has 1 aliphatic rings. The quantitative estimate of drug-likeness (QED) is 0.602. The average Bonchev–Trinajstić information content (AvgIpc) is 2.88. The highest BCUT2D eigenvalue weighted by Gasteiger charge is 2.29. The van der Waals surface area contributed by atoms with Crippen molar-refractivity contribution in [3.05, 3.63) is 90.4 Å². The summed E-state index contributed by atoms with van der Waals surface area (Å²) in [6, 6.07) is 18.4. The maximum Gasteiger partial charge on any atom is 0.408 e. The normalized spacial score (nSPS) is 14.4. The van der Waals surface area contributed by atoms with Crippen LogP contribution in [0.4, 0.5) is 10.6 Å². The SMILES string of the molecule is O=C(NC(Cc1ccccc1)C(=O)N1CCN(c2cnccn2)CC1)OCc1ccccc1. The molecule has 8 nitrogen and oxygen atoms in total. The topological polar surface area (TPSA) is 87.7 Å². The molecule has 0 radical (unpaired) electrons. The van der Waals surface area contributed by atoms with Gasteiger partial charge < -0.3 is 19.9 Å². The van der Waals surface area contributed by atoms with Crippen LogP contribution in [0.5, 0.6) is 0 Å². The van der Waals surface area contributed by atoms with Crippen LogP contribution >= 0.6 is 0 Å². The van der Waals surface area contributed by atoms with Crippen LogP contribution in [0.25, 0.3) is 0 Å². The van der Waals surface area contributed by atoms with Gasteiger partial charge >= 0.3 is 6.09 Å². The Kier molecular flexibility index (Phi) is 7.48. The number of hydrogen-bond donors (Lipinski definition) is 1. The highest BCUT2D eigenvalue weighted by atomic mass is 16.5. The van der Waals surface area contributed by atoms with Crippen molar-refractivity contribution in [2.24, 2.45) is 0 Å². The van der Waals surface area contributed by atoms with E-state index in [0.717, 1.165) is 16.9 Å². The number of piperazine rings is 1. The summed E-state index contributed by atoms with van der Waals surface area (Å²) in [5, 5.41) is 2.79. The summed E-state index contributed by atoms with van der Waals surface area (Å²) in [4.78, 5) is 38.2. The predicted molar refractivity (Wildman–Crippen MR) is 125 cm³/mol. The number of hydrogen-bond acceptors (Lipinski definition) is 6. The minimum atomic E-state index is -0.709. The highest BCUT2D eigenvalue weighted by Crippen LogP contribution is 2.14. The van der Waals surface area contributed by atoms with E-state index in [1.807, 2.05) is 60.7 Å². The molecule has 0 spiro atoms. The number of anilines is 1. The summed E-state index contributed by atoms with van der Waals surface area (Å²) in [6.45, 7) is 2.54. The van der Waals surface area contributed by atoms with Crippen molar-refractivity contribution in [3.63, 3.8) is 0 Å². The van der Waals surface area contributed by atoms with Crippen LogP contribution in [-0.4, -0.2) is 59.1 Å². The second-order valence-corrected chi connectivity index (χ2v) is 7.82. The first-order valence-electron chi connectivity index (χ1n) is 11.0. The number of rotatable bonds is 7. The van der Waals surface area contributed by atoms with Gasteiger partial charge in [-0.15, -0.1) is 0 Å². The number of amides is 2. The molecule has 1 unspecified atom stereocenters. The van der Waals surface area contributed by atoms with Gasteiger partial charge in [-0.1, -0.05) is 60.7 Å². The number of benzene rings is 2. The molecule has 2 heterocycles. The summed E-state index contributed by atoms with van der Waals surface area (Å²) in [5.41, 5.74) is 1.86. The summed E-state index contributed by atoms with van der Waals surface area (Å²) in [5.74, 6) is 0.683. The summed E-state index contributed by atoms with van der Waals surface area (Å²) in [6.07, 6.45) is 4.81. The van der Waals surface area contributed by atoms with Crippen LogP contribution in [0.15, 0.2) is 79.3 Å². The molecular weight excluding hydrogens is 418 g/mol. The van der Waals surface area contributed by atoms with Gasteiger partial charge in [-0.3, -0.25) is 9.78 Å². The fourth-order valence-electron chi connectivity index (χ4n) is 3.79. The third-order valence-corrected chi connectivity index (χ3v) is 5.55. The third-order valence-electron chi connectivity index (χ3n) is 5.55. The molecule has 4 rings (SSSR count). The molecule has 0 saturated carbocycles. The standard InChI is InChI=1S/C25H27N5O3/c31-24(30-15-13-29(14-16-30)23-18-26-11-12-27-23)22(17-20-7-3-1-4-8-20)28-25(32)33-19-21-9-5-2-6-10-21/h1-12,18,22H,13-17,19H2,(H,28,32). The van der Waals surface area contributed by atoms with Gasteiger partial charge in [-0.2, -0.15) is 0 Å². The molecule has 1 fully saturated rings. The second kappa shape index (κ2) is 11.1. The lowest BCUT2D eigenvalue weighted by Gasteiger charge is -2.36. The van der Waals surface area contributed by atoms with Gasteiger partial charge in [0.05, 0.1) is 6.20 Å². The van der Waals surface area contributed by atoms with Gasteiger partial charge in [0.2, 0.25) is 5.91 Å². The van der Waals surface area contributed by atoms with Gasteiger partial charge in [0, 0.05) is 45.0 Å². The molecule has 0 aliphatic carbocycles. The van der Waals surface area contributed by atoms with E-state index >= 15 is 0 Å². The van der Waals surface area contributed by atoms with Crippen LogP contribution in [0, 0.1) is 0 Å². The van der Waals surface area contributed by atoms with Crippen molar-refractivity contribution in [1.82, 2.24) is 20.2 Å².